The number of benzene rings is 2. The topological polar surface area (TPSA) is 121 Å². The Balaban J connectivity index is 1.18. The van der Waals surface area contributed by atoms with Crippen molar-refractivity contribution in [2.24, 2.45) is 28.6 Å². The van der Waals surface area contributed by atoms with Crippen LogP contribution in [-0.4, -0.2) is 46.2 Å². The van der Waals surface area contributed by atoms with E-state index in [9.17, 15) is 19.8 Å². The number of carbonyl (C=O) groups excluding carboxylic acids is 2. The number of aliphatic hydroxyl groups excluding tert-OH is 2. The number of allylic oxidation sites excluding steroid dienone is 4. The second-order valence-electron chi connectivity index (χ2n) is 13.2. The van der Waals surface area contributed by atoms with Gasteiger partial charge in [0, 0.05) is 38.2 Å². The zero-order valence-electron chi connectivity index (χ0n) is 24.0. The fourth-order valence-electron chi connectivity index (χ4n) is 9.27. The average Bonchev–Trinajstić information content (AvgIpc) is 3.46. The molecule has 7 nitrogen and oxygen atoms in total. The van der Waals surface area contributed by atoms with E-state index >= 15 is 0 Å². The van der Waals surface area contributed by atoms with E-state index in [1.54, 1.807) is 23.9 Å². The molecule has 5 aliphatic rings. The molecule has 0 spiro atoms. The number of Topliss-reactive ketones (excluding diaryl/α,β-unsaturated/α-hetero) is 1. The first-order valence-electron chi connectivity index (χ1n) is 14.9. The van der Waals surface area contributed by atoms with Crippen molar-refractivity contribution in [2.75, 3.05) is 6.61 Å². The van der Waals surface area contributed by atoms with Gasteiger partial charge in [-0.25, -0.2) is 0 Å². The van der Waals surface area contributed by atoms with Gasteiger partial charge in [-0.05, 0) is 73.9 Å². The molecule has 4 fully saturated rings. The lowest BCUT2D eigenvalue weighted by molar-refractivity contribution is -0.255. The zero-order valence-corrected chi connectivity index (χ0v) is 24.8. The van der Waals surface area contributed by atoms with Crippen molar-refractivity contribution in [3.63, 3.8) is 0 Å². The highest BCUT2D eigenvalue weighted by Crippen LogP contribution is 2.70. The van der Waals surface area contributed by atoms with Crippen LogP contribution >= 0.6 is 11.8 Å². The number of hydrogen-bond donors (Lipinski definition) is 3. The number of aliphatic hydroxyl groups is 2. The fourth-order valence-corrected chi connectivity index (χ4v) is 10.2. The largest absolute Gasteiger partial charge is 0.393 e. The Kier molecular flexibility index (Phi) is 6.70. The van der Waals surface area contributed by atoms with Crippen LogP contribution in [0.3, 0.4) is 0 Å². The summed E-state index contributed by atoms with van der Waals surface area (Å²) in [5.74, 6) is -0.238. The van der Waals surface area contributed by atoms with Gasteiger partial charge in [-0.2, -0.15) is 0 Å². The maximum Gasteiger partial charge on any atom is 0.193 e. The lowest BCUT2D eigenvalue weighted by atomic mass is 9.46. The quantitative estimate of drug-likeness (QED) is 0.476. The van der Waals surface area contributed by atoms with Gasteiger partial charge in [0.05, 0.1) is 12.2 Å². The summed E-state index contributed by atoms with van der Waals surface area (Å²) in [7, 11) is 0. The van der Waals surface area contributed by atoms with Crippen molar-refractivity contribution in [3.8, 4) is 0 Å². The monoisotopic (exact) mass is 588 g/mol. The summed E-state index contributed by atoms with van der Waals surface area (Å²) in [6, 6.07) is 16.0. The molecule has 1 saturated heterocycles. The third-order valence-electron chi connectivity index (χ3n) is 11.1. The van der Waals surface area contributed by atoms with E-state index in [1.165, 1.54) is 0 Å². The highest BCUT2D eigenvalue weighted by atomic mass is 32.2. The summed E-state index contributed by atoms with van der Waals surface area (Å²) < 4.78 is 13.3. The Hall–Kier alpha value is -2.59. The molecule has 4 aliphatic carbocycles. The first-order chi connectivity index (χ1) is 20.1. The average molecular weight is 589 g/mol. The van der Waals surface area contributed by atoms with Crippen molar-refractivity contribution >= 4 is 29.0 Å². The third-order valence-corrected chi connectivity index (χ3v) is 12.1. The summed E-state index contributed by atoms with van der Waals surface area (Å²) in [4.78, 5) is 28.1. The molecule has 0 bridgehead atoms. The van der Waals surface area contributed by atoms with Crippen molar-refractivity contribution < 1.29 is 35.0 Å². The number of rotatable bonds is 5. The van der Waals surface area contributed by atoms with Gasteiger partial charge in [0.2, 0.25) is 0 Å². The molecule has 8 heteroatoms. The van der Waals surface area contributed by atoms with E-state index in [4.69, 9.17) is 9.47 Å². The van der Waals surface area contributed by atoms with Gasteiger partial charge in [-0.1, -0.05) is 55.5 Å². The molecule has 1 heterocycles. The molecule has 7 rings (SSSR count). The molecular weight excluding hydrogens is 550 g/mol. The van der Waals surface area contributed by atoms with Crippen LogP contribution in [0.15, 0.2) is 82.1 Å². The Bertz CT molecular complexity index is 1500. The Morgan fingerprint density at radius 2 is 1.93 bits per heavy atom. The van der Waals surface area contributed by atoms with Crippen LogP contribution in [0.2, 0.25) is 0 Å². The number of hydrogen-bond acceptors (Lipinski definition) is 7. The van der Waals surface area contributed by atoms with E-state index in [0.29, 0.717) is 12.8 Å². The minimum atomic E-state index is -1.35. The Labute approximate surface area is 250 Å². The van der Waals surface area contributed by atoms with Gasteiger partial charge in [-0.3, -0.25) is 9.59 Å². The van der Waals surface area contributed by atoms with Crippen LogP contribution in [0, 0.1) is 28.6 Å². The van der Waals surface area contributed by atoms with Crippen molar-refractivity contribution in [1.82, 2.24) is 0 Å². The maximum absolute atomic E-state index is 13.7. The smallest absolute Gasteiger partial charge is 0.193 e. The van der Waals surface area contributed by atoms with Gasteiger partial charge in [0.15, 0.2) is 23.5 Å². The predicted octanol–water partition coefficient (Wildman–Crippen LogP) is 4.31. The summed E-state index contributed by atoms with van der Waals surface area (Å²) in [5.41, 5.74) is 4.41. The first kappa shape index (κ1) is 28.2. The second kappa shape index (κ2) is 9.97. The van der Waals surface area contributed by atoms with E-state index in [1.807, 2.05) is 48.5 Å². The molecule has 42 heavy (non-hydrogen) atoms. The van der Waals surface area contributed by atoms with E-state index in [2.05, 4.69) is 25.6 Å². The van der Waals surface area contributed by atoms with Gasteiger partial charge < -0.3 is 25.4 Å². The maximum atomic E-state index is 13.7. The standard InChI is InChI=1S/C34H37NO6S/c1-32-13-12-22(37)14-20(32)8-11-25-26-16-29-34(28(39)18-36,33(26,2)17-27(38)30(25)32)41-31(40-29)19-6-9-23(10-7-19)42-24-5-3-4-21(35)15-24/h3-7,9-10,12-15,25-27,29-31,36,38H,8,11,16-18,35H2,1-2H3/p+1. The normalized spacial score (nSPS) is 40.1. The fraction of sp³-hybridized carbons (Fsp3) is 0.471. The minimum Gasteiger partial charge on any atom is -0.393 e. The van der Waals surface area contributed by atoms with E-state index in [-0.39, 0.29) is 29.3 Å². The molecular formula is C34H38NO6S+. The number of ketones is 2. The lowest BCUT2D eigenvalue weighted by Gasteiger charge is -2.59. The first-order valence-corrected chi connectivity index (χ1v) is 15.7. The second-order valence-corrected chi connectivity index (χ2v) is 14.3. The molecule has 2 aromatic carbocycles. The van der Waals surface area contributed by atoms with Crippen LogP contribution in [0.1, 0.15) is 51.4 Å². The molecule has 220 valence electrons. The SMILES string of the molecule is CC12C=CC(=O)C=C1CCC1C2C(O)CC2(C)C1CC1OC(c3ccc(Sc4cccc([NH3+])c4)cc3)OC12C(=O)CO. The van der Waals surface area contributed by atoms with Gasteiger partial charge >= 0.3 is 0 Å². The highest BCUT2D eigenvalue weighted by Gasteiger charge is 2.75. The van der Waals surface area contributed by atoms with Crippen LogP contribution in [-0.2, 0) is 19.1 Å². The molecule has 1 aliphatic heterocycles. The minimum absolute atomic E-state index is 0.00545. The van der Waals surface area contributed by atoms with Crippen LogP contribution in [0.4, 0.5) is 5.69 Å². The van der Waals surface area contributed by atoms with E-state index in [0.717, 1.165) is 39.5 Å². The Morgan fingerprint density at radius 3 is 2.67 bits per heavy atom. The third kappa shape index (κ3) is 4.00. The van der Waals surface area contributed by atoms with Crippen molar-refractivity contribution in [1.29, 1.82) is 0 Å². The number of fused-ring (bicyclic) bond motifs is 7. The summed E-state index contributed by atoms with van der Waals surface area (Å²) in [5, 5.41) is 22.0. The molecule has 2 aromatic rings. The van der Waals surface area contributed by atoms with Crippen LogP contribution in [0.5, 0.6) is 0 Å². The molecule has 9 atom stereocenters. The highest BCUT2D eigenvalue weighted by molar-refractivity contribution is 7.99. The molecule has 3 saturated carbocycles. The predicted molar refractivity (Wildman–Crippen MR) is 156 cm³/mol. The molecule has 5 N–H and O–H groups in total. The summed E-state index contributed by atoms with van der Waals surface area (Å²) >= 11 is 1.65. The van der Waals surface area contributed by atoms with Crippen molar-refractivity contribution in [3.05, 3.63) is 77.9 Å². The van der Waals surface area contributed by atoms with Crippen molar-refractivity contribution in [2.45, 2.75) is 73.4 Å². The van der Waals surface area contributed by atoms with Gasteiger partial charge in [0.1, 0.15) is 12.3 Å². The van der Waals surface area contributed by atoms with Crippen LogP contribution in [0.25, 0.3) is 0 Å². The lowest BCUT2D eigenvalue weighted by Crippen LogP contribution is -2.63. The van der Waals surface area contributed by atoms with E-state index < -0.39 is 41.5 Å². The molecule has 9 unspecified atom stereocenters. The molecule has 0 radical (unpaired) electrons. The van der Waals surface area contributed by atoms with Gasteiger partial charge in [-0.15, -0.1) is 0 Å². The van der Waals surface area contributed by atoms with Crippen LogP contribution < -0.4 is 5.73 Å². The summed E-state index contributed by atoms with van der Waals surface area (Å²) in [6.45, 7) is 3.55. The van der Waals surface area contributed by atoms with Gasteiger partial charge in [0.25, 0.3) is 0 Å². The Morgan fingerprint density at radius 1 is 1.14 bits per heavy atom. The number of quaternary nitrogens is 1. The number of ether oxygens (including phenoxy) is 2. The molecule has 0 amide bonds. The summed E-state index contributed by atoms with van der Waals surface area (Å²) in [6.07, 6.45) is 6.01. The molecule has 0 aromatic heterocycles. The number of carbonyl (C=O) groups is 2. The zero-order chi connectivity index (χ0) is 29.4.